The smallest absolute Gasteiger partial charge is 0.251 e. The quantitative estimate of drug-likeness (QED) is 0.689. The number of rotatable bonds is 7. The molecule has 6 heteroatoms. The number of hydrogen-bond donors (Lipinski definition) is 3. The molecule has 0 saturated heterocycles. The van der Waals surface area contributed by atoms with Crippen LogP contribution in [0.3, 0.4) is 0 Å². The van der Waals surface area contributed by atoms with Crippen molar-refractivity contribution < 1.29 is 9.59 Å². The standard InChI is InChI=1S/C14H22N4O2/c1-3-6-16-13(19)5-7-17-14(20)10-8-11(4-2)18-12(15)9-10/h8-9H,3-7H2,1-2H3,(H2,15,18)(H,16,19)(H,17,20). The molecular weight excluding hydrogens is 256 g/mol. The second-order valence-corrected chi connectivity index (χ2v) is 4.48. The molecule has 0 atom stereocenters. The summed E-state index contributed by atoms with van der Waals surface area (Å²) in [5, 5.41) is 5.45. The second-order valence-electron chi connectivity index (χ2n) is 4.48. The van der Waals surface area contributed by atoms with E-state index < -0.39 is 0 Å². The van der Waals surface area contributed by atoms with Gasteiger partial charge in [0.25, 0.3) is 5.91 Å². The van der Waals surface area contributed by atoms with Crippen molar-refractivity contribution in [1.29, 1.82) is 0 Å². The maximum atomic E-state index is 11.9. The topological polar surface area (TPSA) is 97.1 Å². The fourth-order valence-electron chi connectivity index (χ4n) is 1.67. The van der Waals surface area contributed by atoms with Gasteiger partial charge in [0.2, 0.25) is 5.91 Å². The van der Waals surface area contributed by atoms with Crippen LogP contribution in [0.4, 0.5) is 5.82 Å². The number of pyridine rings is 1. The number of nitrogens with one attached hydrogen (secondary N) is 2. The van der Waals surface area contributed by atoms with Crippen LogP contribution in [0.15, 0.2) is 12.1 Å². The average Bonchev–Trinajstić information content (AvgIpc) is 2.44. The third-order valence-electron chi connectivity index (χ3n) is 2.73. The predicted octanol–water partition coefficient (Wildman–Crippen LogP) is 0.872. The highest BCUT2D eigenvalue weighted by atomic mass is 16.2. The molecule has 0 bridgehead atoms. The van der Waals surface area contributed by atoms with E-state index in [0.717, 1.165) is 12.1 Å². The molecule has 0 saturated carbocycles. The first-order chi connectivity index (χ1) is 9.56. The Morgan fingerprint density at radius 3 is 2.60 bits per heavy atom. The first kappa shape index (κ1) is 15.9. The monoisotopic (exact) mass is 278 g/mol. The van der Waals surface area contributed by atoms with Gasteiger partial charge < -0.3 is 16.4 Å². The van der Waals surface area contributed by atoms with Crippen molar-refractivity contribution in [1.82, 2.24) is 15.6 Å². The third-order valence-corrected chi connectivity index (χ3v) is 2.73. The summed E-state index contributed by atoms with van der Waals surface area (Å²) in [6.45, 7) is 4.90. The SMILES string of the molecule is CCCNC(=O)CCNC(=O)c1cc(N)nc(CC)c1. The minimum atomic E-state index is -0.239. The van der Waals surface area contributed by atoms with Crippen molar-refractivity contribution in [2.75, 3.05) is 18.8 Å². The number of nitrogens with zero attached hydrogens (tertiary/aromatic N) is 1. The van der Waals surface area contributed by atoms with E-state index in [9.17, 15) is 9.59 Å². The van der Waals surface area contributed by atoms with E-state index in [0.29, 0.717) is 30.9 Å². The zero-order chi connectivity index (χ0) is 15.0. The van der Waals surface area contributed by atoms with E-state index in [1.54, 1.807) is 6.07 Å². The van der Waals surface area contributed by atoms with Crippen LogP contribution in [-0.2, 0) is 11.2 Å². The van der Waals surface area contributed by atoms with E-state index in [1.165, 1.54) is 6.07 Å². The van der Waals surface area contributed by atoms with Gasteiger partial charge in [-0.3, -0.25) is 9.59 Å². The minimum Gasteiger partial charge on any atom is -0.384 e. The highest BCUT2D eigenvalue weighted by molar-refractivity contribution is 5.95. The van der Waals surface area contributed by atoms with Gasteiger partial charge >= 0.3 is 0 Å². The average molecular weight is 278 g/mol. The molecule has 0 radical (unpaired) electrons. The Hall–Kier alpha value is -2.11. The molecule has 0 spiro atoms. The van der Waals surface area contributed by atoms with E-state index >= 15 is 0 Å². The summed E-state index contributed by atoms with van der Waals surface area (Å²) >= 11 is 0. The van der Waals surface area contributed by atoms with Gasteiger partial charge in [0.05, 0.1) is 0 Å². The molecule has 0 aromatic carbocycles. The molecule has 0 aliphatic carbocycles. The number of anilines is 1. The number of aromatic nitrogens is 1. The lowest BCUT2D eigenvalue weighted by Crippen LogP contribution is -2.31. The van der Waals surface area contributed by atoms with E-state index in [-0.39, 0.29) is 18.2 Å². The summed E-state index contributed by atoms with van der Waals surface area (Å²) in [7, 11) is 0. The van der Waals surface area contributed by atoms with Crippen molar-refractivity contribution in [2.24, 2.45) is 0 Å². The Bertz CT molecular complexity index is 474. The lowest BCUT2D eigenvalue weighted by molar-refractivity contribution is -0.120. The van der Waals surface area contributed by atoms with Crippen LogP contribution in [-0.4, -0.2) is 29.9 Å². The van der Waals surface area contributed by atoms with Crippen LogP contribution in [0.5, 0.6) is 0 Å². The molecule has 4 N–H and O–H groups in total. The predicted molar refractivity (Wildman–Crippen MR) is 78.3 cm³/mol. The number of carbonyl (C=O) groups is 2. The minimum absolute atomic E-state index is 0.0596. The number of nitrogen functional groups attached to an aromatic ring is 1. The molecule has 0 aliphatic heterocycles. The van der Waals surface area contributed by atoms with E-state index in [4.69, 9.17) is 5.73 Å². The van der Waals surface area contributed by atoms with Gasteiger partial charge in [0, 0.05) is 30.8 Å². The zero-order valence-electron chi connectivity index (χ0n) is 12.0. The Labute approximate surface area is 119 Å². The molecular formula is C14H22N4O2. The van der Waals surface area contributed by atoms with Crippen LogP contribution >= 0.6 is 0 Å². The van der Waals surface area contributed by atoms with Crippen molar-refractivity contribution >= 4 is 17.6 Å². The molecule has 6 nitrogen and oxygen atoms in total. The zero-order valence-corrected chi connectivity index (χ0v) is 12.0. The van der Waals surface area contributed by atoms with Crippen molar-refractivity contribution in [2.45, 2.75) is 33.1 Å². The van der Waals surface area contributed by atoms with Crippen LogP contribution in [0.1, 0.15) is 42.7 Å². The lowest BCUT2D eigenvalue weighted by atomic mass is 10.2. The van der Waals surface area contributed by atoms with Gasteiger partial charge in [-0.15, -0.1) is 0 Å². The van der Waals surface area contributed by atoms with Gasteiger partial charge in [0.1, 0.15) is 5.82 Å². The first-order valence-corrected chi connectivity index (χ1v) is 6.88. The molecule has 1 heterocycles. The molecule has 20 heavy (non-hydrogen) atoms. The lowest BCUT2D eigenvalue weighted by Gasteiger charge is -2.07. The van der Waals surface area contributed by atoms with Crippen LogP contribution in [0, 0.1) is 0 Å². The third kappa shape index (κ3) is 5.26. The number of hydrogen-bond acceptors (Lipinski definition) is 4. The van der Waals surface area contributed by atoms with Crippen molar-refractivity contribution in [3.05, 3.63) is 23.4 Å². The summed E-state index contributed by atoms with van der Waals surface area (Å²) in [6.07, 6.45) is 1.88. The summed E-state index contributed by atoms with van der Waals surface area (Å²) < 4.78 is 0. The molecule has 0 unspecified atom stereocenters. The summed E-state index contributed by atoms with van der Waals surface area (Å²) in [5.41, 5.74) is 6.90. The Balaban J connectivity index is 2.47. The summed E-state index contributed by atoms with van der Waals surface area (Å²) in [5.74, 6) is 0.0305. The normalized spacial score (nSPS) is 10.1. The first-order valence-electron chi connectivity index (χ1n) is 6.88. The maximum Gasteiger partial charge on any atom is 0.251 e. The van der Waals surface area contributed by atoms with Gasteiger partial charge in [-0.1, -0.05) is 13.8 Å². The van der Waals surface area contributed by atoms with Gasteiger partial charge in [-0.2, -0.15) is 0 Å². The van der Waals surface area contributed by atoms with Gasteiger partial charge in [0.15, 0.2) is 0 Å². The van der Waals surface area contributed by atoms with Crippen LogP contribution in [0.2, 0.25) is 0 Å². The molecule has 1 aromatic rings. The number of aryl methyl sites for hydroxylation is 1. The van der Waals surface area contributed by atoms with Crippen LogP contribution in [0.25, 0.3) is 0 Å². The molecule has 0 aliphatic rings. The van der Waals surface area contributed by atoms with E-state index in [2.05, 4.69) is 15.6 Å². The van der Waals surface area contributed by atoms with E-state index in [1.807, 2.05) is 13.8 Å². The largest absolute Gasteiger partial charge is 0.384 e. The number of nitrogens with two attached hydrogens (primary N) is 1. The van der Waals surface area contributed by atoms with Gasteiger partial charge in [-0.05, 0) is 25.0 Å². The van der Waals surface area contributed by atoms with Crippen molar-refractivity contribution in [3.63, 3.8) is 0 Å². The van der Waals surface area contributed by atoms with Gasteiger partial charge in [-0.25, -0.2) is 4.98 Å². The highest BCUT2D eigenvalue weighted by Gasteiger charge is 2.09. The summed E-state index contributed by atoms with van der Waals surface area (Å²) in [4.78, 5) is 27.4. The maximum absolute atomic E-state index is 11.9. The van der Waals surface area contributed by atoms with Crippen LogP contribution < -0.4 is 16.4 Å². The summed E-state index contributed by atoms with van der Waals surface area (Å²) in [6, 6.07) is 3.24. The molecule has 0 fully saturated rings. The molecule has 1 rings (SSSR count). The molecule has 1 aromatic heterocycles. The molecule has 2 amide bonds. The fraction of sp³-hybridized carbons (Fsp3) is 0.500. The van der Waals surface area contributed by atoms with Crippen molar-refractivity contribution in [3.8, 4) is 0 Å². The Morgan fingerprint density at radius 2 is 1.95 bits per heavy atom. The Kier molecular flexibility index (Phi) is 6.49. The number of amides is 2. The number of carbonyl (C=O) groups excluding carboxylic acids is 2. The molecule has 110 valence electrons. The fourth-order valence-corrected chi connectivity index (χ4v) is 1.67. The Morgan fingerprint density at radius 1 is 1.20 bits per heavy atom. The highest BCUT2D eigenvalue weighted by Crippen LogP contribution is 2.08. The second kappa shape index (κ2) is 8.14.